The molecule has 1 saturated heterocycles. The number of hydrogen-bond donors (Lipinski definition) is 1. The molecule has 1 unspecified atom stereocenters. The van der Waals surface area contributed by atoms with Crippen LogP contribution in [0, 0.1) is 6.92 Å². The van der Waals surface area contributed by atoms with Crippen LogP contribution < -0.4 is 5.32 Å². The maximum Gasteiger partial charge on any atom is 0.243 e. The minimum absolute atomic E-state index is 0.0938. The Bertz CT molecular complexity index is 1000. The molecule has 1 aliphatic heterocycles. The zero-order chi connectivity index (χ0) is 22.5. The number of benzene rings is 2. The number of anilines is 1. The van der Waals surface area contributed by atoms with Crippen LogP contribution in [0.4, 0.5) is 5.88 Å². The largest absolute Gasteiger partial charge is 0.339 e. The molecule has 2 amide bonds. The van der Waals surface area contributed by atoms with Gasteiger partial charge in [-0.05, 0) is 25.0 Å². The normalized spacial score (nSPS) is 15.5. The Morgan fingerprint density at radius 3 is 2.00 bits per heavy atom. The number of aryl methyl sites for hydroxylation is 1. The third-order valence-corrected chi connectivity index (χ3v) is 5.94. The summed E-state index contributed by atoms with van der Waals surface area (Å²) in [5, 5.41) is 6.55. The number of carbonyl (C=O) groups excluding carboxylic acids is 2. The van der Waals surface area contributed by atoms with Crippen LogP contribution in [-0.4, -0.2) is 59.0 Å². The summed E-state index contributed by atoms with van der Waals surface area (Å²) in [6.45, 7) is 6.09. The summed E-state index contributed by atoms with van der Waals surface area (Å²) in [6, 6.07) is 21.1. The fourth-order valence-corrected chi connectivity index (χ4v) is 4.09. The summed E-state index contributed by atoms with van der Waals surface area (Å²) in [6.07, 6.45) is 0. The number of amides is 2. The van der Waals surface area contributed by atoms with Crippen LogP contribution in [0.3, 0.4) is 0 Å². The van der Waals surface area contributed by atoms with Crippen LogP contribution in [0.25, 0.3) is 0 Å². The van der Waals surface area contributed by atoms with Gasteiger partial charge in [0.05, 0.1) is 17.7 Å². The Labute approximate surface area is 188 Å². The molecule has 7 heteroatoms. The Kier molecular flexibility index (Phi) is 6.66. The first-order valence-electron chi connectivity index (χ1n) is 10.9. The highest BCUT2D eigenvalue weighted by atomic mass is 16.5. The standard InChI is InChI=1S/C25H28N4O3/c1-18-17-22(32-27-18)26-24(30)19(2)28-13-15-29(16-14-28)25(31)23(20-9-5-3-6-10-20)21-11-7-4-8-12-21/h3-12,17,19,23H,13-16H2,1-2H3,(H,26,30). The molecule has 7 nitrogen and oxygen atoms in total. The van der Waals surface area contributed by atoms with Crippen LogP contribution in [0.1, 0.15) is 29.7 Å². The van der Waals surface area contributed by atoms with Crippen molar-refractivity contribution >= 4 is 17.7 Å². The Balaban J connectivity index is 1.41. The Morgan fingerprint density at radius 1 is 0.938 bits per heavy atom. The van der Waals surface area contributed by atoms with E-state index in [9.17, 15) is 9.59 Å². The first-order valence-corrected chi connectivity index (χ1v) is 10.9. The van der Waals surface area contributed by atoms with Crippen LogP contribution in [0.2, 0.25) is 0 Å². The van der Waals surface area contributed by atoms with E-state index in [1.54, 1.807) is 13.0 Å². The SMILES string of the molecule is Cc1cc(NC(=O)C(C)N2CCN(C(=O)C(c3ccccc3)c3ccccc3)CC2)on1. The summed E-state index contributed by atoms with van der Waals surface area (Å²) in [5.74, 6) is -0.0373. The van der Waals surface area contributed by atoms with Crippen molar-refractivity contribution < 1.29 is 14.1 Å². The van der Waals surface area contributed by atoms with E-state index >= 15 is 0 Å². The number of carbonyl (C=O) groups is 2. The first-order chi connectivity index (χ1) is 15.5. The van der Waals surface area contributed by atoms with E-state index in [2.05, 4.69) is 15.4 Å². The number of hydrogen-bond acceptors (Lipinski definition) is 5. The number of rotatable bonds is 6. The van der Waals surface area contributed by atoms with E-state index in [-0.39, 0.29) is 23.8 Å². The first kappa shape index (κ1) is 21.8. The van der Waals surface area contributed by atoms with Crippen molar-refractivity contribution in [2.24, 2.45) is 0 Å². The van der Waals surface area contributed by atoms with E-state index in [0.29, 0.717) is 37.8 Å². The van der Waals surface area contributed by atoms with E-state index in [1.165, 1.54) is 0 Å². The van der Waals surface area contributed by atoms with E-state index in [4.69, 9.17) is 4.52 Å². The van der Waals surface area contributed by atoms with Crippen molar-refractivity contribution in [1.82, 2.24) is 15.0 Å². The van der Waals surface area contributed by atoms with Crippen LogP contribution in [0.5, 0.6) is 0 Å². The summed E-state index contributed by atoms with van der Waals surface area (Å²) < 4.78 is 5.08. The summed E-state index contributed by atoms with van der Waals surface area (Å²) in [7, 11) is 0. The molecule has 1 atom stereocenters. The Morgan fingerprint density at radius 2 is 1.50 bits per heavy atom. The Hall–Kier alpha value is -3.45. The number of aromatic nitrogens is 1. The van der Waals surface area contributed by atoms with Gasteiger partial charge in [0.15, 0.2) is 0 Å². The summed E-state index contributed by atoms with van der Waals surface area (Å²) >= 11 is 0. The lowest BCUT2D eigenvalue weighted by Gasteiger charge is -2.38. The van der Waals surface area contributed by atoms with Crippen molar-refractivity contribution in [2.75, 3.05) is 31.5 Å². The second kappa shape index (κ2) is 9.78. The van der Waals surface area contributed by atoms with Gasteiger partial charge in [0.2, 0.25) is 17.7 Å². The maximum absolute atomic E-state index is 13.6. The highest BCUT2D eigenvalue weighted by Crippen LogP contribution is 2.27. The van der Waals surface area contributed by atoms with E-state index in [0.717, 1.165) is 11.1 Å². The van der Waals surface area contributed by atoms with Crippen LogP contribution in [-0.2, 0) is 9.59 Å². The molecule has 1 N–H and O–H groups in total. The highest BCUT2D eigenvalue weighted by molar-refractivity contribution is 5.93. The molecule has 166 valence electrons. The number of nitrogens with zero attached hydrogens (tertiary/aromatic N) is 3. The third-order valence-electron chi connectivity index (χ3n) is 5.94. The molecule has 1 aromatic heterocycles. The lowest BCUT2D eigenvalue weighted by Crippen LogP contribution is -2.54. The van der Waals surface area contributed by atoms with Crippen molar-refractivity contribution in [1.29, 1.82) is 0 Å². The molecule has 1 fully saturated rings. The fraction of sp³-hybridized carbons (Fsp3) is 0.320. The van der Waals surface area contributed by atoms with Gasteiger partial charge in [0.25, 0.3) is 0 Å². The fourth-order valence-electron chi connectivity index (χ4n) is 4.09. The predicted octanol–water partition coefficient (Wildman–Crippen LogP) is 3.29. The van der Waals surface area contributed by atoms with Crippen LogP contribution in [0.15, 0.2) is 71.3 Å². The van der Waals surface area contributed by atoms with Gasteiger partial charge < -0.3 is 9.42 Å². The third kappa shape index (κ3) is 4.89. The van der Waals surface area contributed by atoms with Crippen molar-refractivity contribution in [3.63, 3.8) is 0 Å². The predicted molar refractivity (Wildman–Crippen MR) is 122 cm³/mol. The van der Waals surface area contributed by atoms with Crippen molar-refractivity contribution in [3.8, 4) is 0 Å². The molecule has 0 spiro atoms. The van der Waals surface area contributed by atoms with Gasteiger partial charge >= 0.3 is 0 Å². The molecular weight excluding hydrogens is 404 g/mol. The summed E-state index contributed by atoms with van der Waals surface area (Å²) in [5.41, 5.74) is 2.69. The van der Waals surface area contributed by atoms with Gasteiger partial charge in [-0.25, -0.2) is 0 Å². The maximum atomic E-state index is 13.6. The van der Waals surface area contributed by atoms with Gasteiger partial charge in [-0.15, -0.1) is 0 Å². The topological polar surface area (TPSA) is 78.7 Å². The second-order valence-corrected chi connectivity index (χ2v) is 8.11. The lowest BCUT2D eigenvalue weighted by molar-refractivity contribution is -0.134. The zero-order valence-electron chi connectivity index (χ0n) is 18.4. The molecule has 0 bridgehead atoms. The minimum atomic E-state index is -0.336. The average Bonchev–Trinajstić information content (AvgIpc) is 3.24. The monoisotopic (exact) mass is 432 g/mol. The van der Waals surface area contributed by atoms with Gasteiger partial charge in [0.1, 0.15) is 0 Å². The molecule has 0 aliphatic carbocycles. The van der Waals surface area contributed by atoms with E-state index in [1.807, 2.05) is 72.5 Å². The van der Waals surface area contributed by atoms with E-state index < -0.39 is 0 Å². The number of piperazine rings is 1. The molecule has 3 aromatic rings. The molecule has 2 aromatic carbocycles. The molecule has 0 saturated carbocycles. The molecule has 2 heterocycles. The molecular formula is C25H28N4O3. The van der Waals surface area contributed by atoms with Gasteiger partial charge in [-0.3, -0.25) is 19.8 Å². The van der Waals surface area contributed by atoms with Gasteiger partial charge in [0, 0.05) is 32.2 Å². The summed E-state index contributed by atoms with van der Waals surface area (Å²) in [4.78, 5) is 30.1. The minimum Gasteiger partial charge on any atom is -0.339 e. The molecule has 32 heavy (non-hydrogen) atoms. The van der Waals surface area contributed by atoms with Crippen molar-refractivity contribution in [3.05, 3.63) is 83.6 Å². The van der Waals surface area contributed by atoms with Gasteiger partial charge in [-0.2, -0.15) is 0 Å². The molecule has 0 radical (unpaired) electrons. The smallest absolute Gasteiger partial charge is 0.243 e. The van der Waals surface area contributed by atoms with Gasteiger partial charge in [-0.1, -0.05) is 65.8 Å². The second-order valence-electron chi connectivity index (χ2n) is 8.11. The highest BCUT2D eigenvalue weighted by Gasteiger charge is 2.32. The quantitative estimate of drug-likeness (QED) is 0.647. The zero-order valence-corrected chi connectivity index (χ0v) is 18.4. The molecule has 1 aliphatic rings. The lowest BCUT2D eigenvalue weighted by atomic mass is 9.90. The van der Waals surface area contributed by atoms with Crippen molar-refractivity contribution in [2.45, 2.75) is 25.8 Å². The van der Waals surface area contributed by atoms with Crippen LogP contribution >= 0.6 is 0 Å². The number of nitrogens with one attached hydrogen (secondary N) is 1. The molecule has 4 rings (SSSR count). The average molecular weight is 433 g/mol.